The van der Waals surface area contributed by atoms with Crippen molar-refractivity contribution < 1.29 is 39.3 Å². The van der Waals surface area contributed by atoms with Crippen molar-refractivity contribution in [1.82, 2.24) is 10.6 Å². The molecule has 1 aromatic carbocycles. The van der Waals surface area contributed by atoms with Crippen LogP contribution in [0.1, 0.15) is 24.8 Å². The molecule has 0 aliphatic carbocycles. The Morgan fingerprint density at radius 1 is 0.906 bits per heavy atom. The number of rotatable bonds is 15. The van der Waals surface area contributed by atoms with Gasteiger partial charge in [-0.1, -0.05) is 30.3 Å². The summed E-state index contributed by atoms with van der Waals surface area (Å²) in [6.07, 6.45) is -0.533. The highest BCUT2D eigenvalue weighted by atomic mass is 32.2. The van der Waals surface area contributed by atoms with Crippen LogP contribution in [0.25, 0.3) is 0 Å². The molecule has 0 aromatic heterocycles. The zero-order valence-corrected chi connectivity index (χ0v) is 18.0. The molecule has 0 saturated carbocycles. The number of aliphatic carboxylic acids is 3. The molecule has 7 N–H and O–H groups in total. The number of hydrogen-bond acceptors (Lipinski definition) is 7. The van der Waals surface area contributed by atoms with Gasteiger partial charge in [0.1, 0.15) is 12.1 Å². The number of carbonyl (C=O) groups excluding carboxylic acids is 2. The lowest BCUT2D eigenvalue weighted by Crippen LogP contribution is -2.49. The Balaban J connectivity index is 2.52. The molecule has 0 spiro atoms. The summed E-state index contributed by atoms with van der Waals surface area (Å²) in [5.41, 5.74) is 6.65. The second-order valence-corrected chi connectivity index (χ2v) is 8.06. The Hall–Kier alpha value is -3.12. The zero-order chi connectivity index (χ0) is 24.1. The van der Waals surface area contributed by atoms with Gasteiger partial charge in [-0.25, -0.2) is 9.59 Å². The van der Waals surface area contributed by atoms with Crippen LogP contribution in [-0.2, 0) is 30.4 Å². The standard InChI is InChI=1S/C20H27N3O8S/c21-13(10-12-4-2-1-3-5-12)18(27)23-14(19(28)29)6-7-16(24)22-15(20(30)31)11-32-9-8-17(25)26/h1-5,13-15H,6-11,21H2,(H,22,24)(H,23,27)(H,25,26)(H,28,29)(H,30,31)/t13-,14+,15+/m0/s1. The molecule has 1 rings (SSSR count). The second-order valence-electron chi connectivity index (χ2n) is 6.91. The summed E-state index contributed by atoms with van der Waals surface area (Å²) in [5.74, 6) is -4.90. The molecule has 0 bridgehead atoms. The maximum Gasteiger partial charge on any atom is 0.327 e. The number of hydrogen-bond donors (Lipinski definition) is 6. The molecule has 2 amide bonds. The Bertz CT molecular complexity index is 805. The summed E-state index contributed by atoms with van der Waals surface area (Å²) >= 11 is 1.06. The Labute approximate surface area is 188 Å². The molecule has 0 aliphatic heterocycles. The molecule has 0 fully saturated rings. The first-order valence-corrected chi connectivity index (χ1v) is 10.9. The van der Waals surface area contributed by atoms with Crippen molar-refractivity contribution in [3.63, 3.8) is 0 Å². The number of carboxylic acid groups (broad SMARTS) is 3. The quantitative estimate of drug-likeness (QED) is 0.185. The highest BCUT2D eigenvalue weighted by molar-refractivity contribution is 7.99. The van der Waals surface area contributed by atoms with Crippen molar-refractivity contribution in [3.05, 3.63) is 35.9 Å². The lowest BCUT2D eigenvalue weighted by molar-refractivity contribution is -0.143. The predicted molar refractivity (Wildman–Crippen MR) is 116 cm³/mol. The summed E-state index contributed by atoms with van der Waals surface area (Å²) in [6.45, 7) is 0. The summed E-state index contributed by atoms with van der Waals surface area (Å²) in [6, 6.07) is 5.34. The number of amides is 2. The van der Waals surface area contributed by atoms with Crippen molar-refractivity contribution in [2.45, 2.75) is 43.8 Å². The van der Waals surface area contributed by atoms with Crippen LogP contribution in [0.4, 0.5) is 0 Å². The second kappa shape index (κ2) is 14.0. The van der Waals surface area contributed by atoms with E-state index in [-0.39, 0.29) is 37.2 Å². The summed E-state index contributed by atoms with van der Waals surface area (Å²) in [5, 5.41) is 31.7. The smallest absolute Gasteiger partial charge is 0.327 e. The summed E-state index contributed by atoms with van der Waals surface area (Å²) in [4.78, 5) is 57.5. The predicted octanol–water partition coefficient (Wildman–Crippen LogP) is -0.317. The maximum absolute atomic E-state index is 12.2. The molecule has 3 atom stereocenters. The summed E-state index contributed by atoms with van der Waals surface area (Å²) in [7, 11) is 0. The van der Waals surface area contributed by atoms with E-state index in [1.54, 1.807) is 24.3 Å². The SMILES string of the molecule is N[C@@H](Cc1ccccc1)C(=O)N[C@H](CCC(=O)N[C@H](CSCCC(=O)O)C(=O)O)C(=O)O. The van der Waals surface area contributed by atoms with Gasteiger partial charge in [0.2, 0.25) is 11.8 Å². The van der Waals surface area contributed by atoms with Gasteiger partial charge in [-0.2, -0.15) is 11.8 Å². The van der Waals surface area contributed by atoms with Crippen LogP contribution in [0.3, 0.4) is 0 Å². The van der Waals surface area contributed by atoms with E-state index in [1.807, 2.05) is 6.07 Å². The topological polar surface area (TPSA) is 196 Å². The molecule has 0 heterocycles. The van der Waals surface area contributed by atoms with Crippen LogP contribution in [0.2, 0.25) is 0 Å². The van der Waals surface area contributed by atoms with Crippen LogP contribution in [-0.4, -0.2) is 74.7 Å². The fourth-order valence-electron chi connectivity index (χ4n) is 2.57. The van der Waals surface area contributed by atoms with E-state index in [4.69, 9.17) is 10.8 Å². The van der Waals surface area contributed by atoms with Crippen LogP contribution < -0.4 is 16.4 Å². The van der Waals surface area contributed by atoms with E-state index >= 15 is 0 Å². The highest BCUT2D eigenvalue weighted by Crippen LogP contribution is 2.07. The first-order valence-electron chi connectivity index (χ1n) is 9.74. The van der Waals surface area contributed by atoms with Gasteiger partial charge in [-0.15, -0.1) is 0 Å². The number of carbonyl (C=O) groups is 5. The monoisotopic (exact) mass is 469 g/mol. The molecule has 176 valence electrons. The first kappa shape index (κ1) is 26.9. The van der Waals surface area contributed by atoms with Gasteiger partial charge in [-0.05, 0) is 18.4 Å². The fraction of sp³-hybridized carbons (Fsp3) is 0.450. The fourth-order valence-corrected chi connectivity index (χ4v) is 3.52. The Kier molecular flexibility index (Phi) is 11.8. The van der Waals surface area contributed by atoms with E-state index in [0.29, 0.717) is 0 Å². The summed E-state index contributed by atoms with van der Waals surface area (Å²) < 4.78 is 0. The van der Waals surface area contributed by atoms with Crippen molar-refractivity contribution in [2.24, 2.45) is 5.73 Å². The molecule has 0 aliphatic rings. The minimum absolute atomic E-state index is 0.0399. The van der Waals surface area contributed by atoms with Gasteiger partial charge >= 0.3 is 17.9 Å². The number of thioether (sulfide) groups is 1. The van der Waals surface area contributed by atoms with E-state index in [9.17, 15) is 34.2 Å². The lowest BCUT2D eigenvalue weighted by atomic mass is 10.0. The van der Waals surface area contributed by atoms with Crippen molar-refractivity contribution >= 4 is 41.5 Å². The molecule has 0 unspecified atom stereocenters. The van der Waals surface area contributed by atoms with Crippen molar-refractivity contribution in [3.8, 4) is 0 Å². The minimum Gasteiger partial charge on any atom is -0.481 e. The first-order chi connectivity index (χ1) is 15.1. The molecule has 0 saturated heterocycles. The molecule has 12 heteroatoms. The van der Waals surface area contributed by atoms with Gasteiger partial charge < -0.3 is 31.7 Å². The third-order valence-corrected chi connectivity index (χ3v) is 5.35. The highest BCUT2D eigenvalue weighted by Gasteiger charge is 2.25. The normalized spacial score (nSPS) is 13.4. The number of carboxylic acids is 3. The van der Waals surface area contributed by atoms with Gasteiger partial charge in [-0.3, -0.25) is 14.4 Å². The van der Waals surface area contributed by atoms with E-state index < -0.39 is 47.8 Å². The molecule has 1 aromatic rings. The Morgan fingerprint density at radius 3 is 2.09 bits per heavy atom. The van der Waals surface area contributed by atoms with Gasteiger partial charge in [0.25, 0.3) is 0 Å². The van der Waals surface area contributed by atoms with Gasteiger partial charge in [0.15, 0.2) is 0 Å². The molecule has 11 nitrogen and oxygen atoms in total. The number of nitrogens with two attached hydrogens (primary N) is 1. The number of nitrogens with one attached hydrogen (secondary N) is 2. The average Bonchev–Trinajstić information content (AvgIpc) is 2.73. The molecular formula is C20H27N3O8S. The van der Waals surface area contributed by atoms with Crippen molar-refractivity contribution in [2.75, 3.05) is 11.5 Å². The minimum atomic E-state index is -1.37. The number of benzene rings is 1. The van der Waals surface area contributed by atoms with E-state index in [0.717, 1.165) is 17.3 Å². The van der Waals surface area contributed by atoms with Crippen LogP contribution in [0.5, 0.6) is 0 Å². The lowest BCUT2D eigenvalue weighted by Gasteiger charge is -2.19. The van der Waals surface area contributed by atoms with Crippen LogP contribution in [0, 0.1) is 0 Å². The van der Waals surface area contributed by atoms with Crippen LogP contribution in [0.15, 0.2) is 30.3 Å². The zero-order valence-electron chi connectivity index (χ0n) is 17.2. The molecule has 0 radical (unpaired) electrons. The van der Waals surface area contributed by atoms with E-state index in [1.165, 1.54) is 0 Å². The van der Waals surface area contributed by atoms with E-state index in [2.05, 4.69) is 10.6 Å². The molecule has 32 heavy (non-hydrogen) atoms. The molecular weight excluding hydrogens is 442 g/mol. The van der Waals surface area contributed by atoms with Gasteiger partial charge in [0.05, 0.1) is 12.5 Å². The largest absolute Gasteiger partial charge is 0.481 e. The third kappa shape index (κ3) is 10.8. The average molecular weight is 470 g/mol. The van der Waals surface area contributed by atoms with Gasteiger partial charge in [0, 0.05) is 17.9 Å². The van der Waals surface area contributed by atoms with Crippen molar-refractivity contribution in [1.29, 1.82) is 0 Å². The maximum atomic E-state index is 12.2. The third-order valence-electron chi connectivity index (χ3n) is 4.29. The Morgan fingerprint density at radius 2 is 1.53 bits per heavy atom. The van der Waals surface area contributed by atoms with Crippen LogP contribution >= 0.6 is 11.8 Å².